The van der Waals surface area contributed by atoms with E-state index in [-0.39, 0.29) is 5.02 Å². The van der Waals surface area contributed by atoms with Crippen LogP contribution < -0.4 is 15.8 Å². The molecule has 1 aliphatic heterocycles. The fourth-order valence-electron chi connectivity index (χ4n) is 5.24. The number of fused-ring (bicyclic) bond motifs is 1. The highest BCUT2D eigenvalue weighted by molar-refractivity contribution is 6.31. The molecule has 1 spiro atoms. The Morgan fingerprint density at radius 1 is 1.21 bits per heavy atom. The summed E-state index contributed by atoms with van der Waals surface area (Å²) in [7, 11) is 2.22. The van der Waals surface area contributed by atoms with Crippen LogP contribution in [0.1, 0.15) is 32.1 Å². The van der Waals surface area contributed by atoms with E-state index in [0.29, 0.717) is 35.0 Å². The van der Waals surface area contributed by atoms with Crippen molar-refractivity contribution >= 4 is 39.7 Å². The molecule has 0 atom stereocenters. The molecule has 3 N–H and O–H groups in total. The number of rotatable bonds is 6. The van der Waals surface area contributed by atoms with E-state index in [1.165, 1.54) is 57.2 Å². The number of halogens is 2. The SMILES string of the molecule is CN1CCC2(CC1)CC(CCOc1cc3ncnc(Nc4ccc(F)c(Cl)c4)c3cc1N)C2. The third kappa shape index (κ3) is 4.70. The number of nitrogen functional groups attached to an aromatic ring is 1. The molecule has 1 aliphatic carbocycles. The molecule has 2 aromatic carbocycles. The average Bonchev–Trinajstić information content (AvgIpc) is 2.77. The maximum atomic E-state index is 13.5. The number of nitrogens with two attached hydrogens (primary N) is 1. The van der Waals surface area contributed by atoms with Gasteiger partial charge in [-0.3, -0.25) is 0 Å². The molecule has 1 saturated heterocycles. The van der Waals surface area contributed by atoms with Crippen LogP contribution in [0.15, 0.2) is 36.7 Å². The van der Waals surface area contributed by atoms with Gasteiger partial charge in [0.1, 0.15) is 23.7 Å². The molecule has 8 heteroatoms. The van der Waals surface area contributed by atoms with Gasteiger partial charge in [-0.1, -0.05) is 11.6 Å². The van der Waals surface area contributed by atoms with E-state index in [2.05, 4.69) is 27.2 Å². The lowest BCUT2D eigenvalue weighted by molar-refractivity contribution is -0.0144. The first-order chi connectivity index (χ1) is 15.9. The van der Waals surface area contributed by atoms with Crippen molar-refractivity contribution in [2.45, 2.75) is 32.1 Å². The molecule has 2 fully saturated rings. The largest absolute Gasteiger partial charge is 0.491 e. The first-order valence-corrected chi connectivity index (χ1v) is 11.9. The van der Waals surface area contributed by atoms with Crippen LogP contribution in [0.25, 0.3) is 10.9 Å². The van der Waals surface area contributed by atoms with Crippen molar-refractivity contribution < 1.29 is 9.13 Å². The molecule has 174 valence electrons. The highest BCUT2D eigenvalue weighted by atomic mass is 35.5. The lowest BCUT2D eigenvalue weighted by Gasteiger charge is -2.52. The summed E-state index contributed by atoms with van der Waals surface area (Å²) in [6.45, 7) is 3.11. The van der Waals surface area contributed by atoms with Gasteiger partial charge in [0, 0.05) is 17.1 Å². The summed E-state index contributed by atoms with van der Waals surface area (Å²) in [5.41, 5.74) is 8.78. The maximum absolute atomic E-state index is 13.5. The van der Waals surface area contributed by atoms with Crippen LogP contribution in [-0.2, 0) is 0 Å². The minimum Gasteiger partial charge on any atom is -0.491 e. The number of hydrogen-bond acceptors (Lipinski definition) is 6. The first-order valence-electron chi connectivity index (χ1n) is 11.5. The van der Waals surface area contributed by atoms with Gasteiger partial charge in [-0.05, 0) is 87.8 Å². The quantitative estimate of drug-likeness (QED) is 0.455. The van der Waals surface area contributed by atoms with E-state index >= 15 is 0 Å². The van der Waals surface area contributed by atoms with E-state index in [0.717, 1.165) is 23.2 Å². The number of piperidine rings is 1. The standard InChI is InChI=1S/C25H29ClFN5O/c1-32-7-5-25(6-8-32)13-16(14-25)4-9-33-23-12-22-18(11-21(23)28)24(30-15-29-22)31-17-2-3-20(27)19(26)10-17/h2-3,10-12,15-16H,4-9,13-14,28H2,1H3,(H,29,30,31). The number of likely N-dealkylation sites (tertiary alicyclic amines) is 1. The molecule has 6 nitrogen and oxygen atoms in total. The highest BCUT2D eigenvalue weighted by Crippen LogP contribution is 2.53. The molecule has 2 aliphatic rings. The van der Waals surface area contributed by atoms with Crippen LogP contribution in [-0.4, -0.2) is 41.6 Å². The van der Waals surface area contributed by atoms with Gasteiger partial charge in [-0.25, -0.2) is 14.4 Å². The Morgan fingerprint density at radius 3 is 2.76 bits per heavy atom. The topological polar surface area (TPSA) is 76.3 Å². The number of anilines is 3. The monoisotopic (exact) mass is 469 g/mol. The molecule has 0 bridgehead atoms. The van der Waals surface area contributed by atoms with Crippen LogP contribution in [0.4, 0.5) is 21.6 Å². The van der Waals surface area contributed by atoms with Gasteiger partial charge in [0.2, 0.25) is 0 Å². The van der Waals surface area contributed by atoms with Crippen LogP contribution in [0.5, 0.6) is 5.75 Å². The van der Waals surface area contributed by atoms with Crippen molar-refractivity contribution in [1.29, 1.82) is 0 Å². The van der Waals surface area contributed by atoms with Gasteiger partial charge >= 0.3 is 0 Å². The molecule has 0 radical (unpaired) electrons. The van der Waals surface area contributed by atoms with E-state index in [1.54, 1.807) is 6.07 Å². The molecular formula is C25H29ClFN5O. The summed E-state index contributed by atoms with van der Waals surface area (Å²) >= 11 is 5.89. The zero-order valence-corrected chi connectivity index (χ0v) is 19.5. The van der Waals surface area contributed by atoms with E-state index in [1.807, 2.05) is 12.1 Å². The van der Waals surface area contributed by atoms with Gasteiger partial charge < -0.3 is 20.7 Å². The average molecular weight is 470 g/mol. The van der Waals surface area contributed by atoms with Gasteiger partial charge in [0.25, 0.3) is 0 Å². The van der Waals surface area contributed by atoms with Crippen molar-refractivity contribution in [3.63, 3.8) is 0 Å². The molecule has 1 aromatic heterocycles. The number of nitrogens with one attached hydrogen (secondary N) is 1. The van der Waals surface area contributed by atoms with Crippen molar-refractivity contribution in [1.82, 2.24) is 14.9 Å². The second-order valence-electron chi connectivity index (χ2n) is 9.60. The minimum atomic E-state index is -0.468. The zero-order chi connectivity index (χ0) is 23.0. The first kappa shape index (κ1) is 22.2. The van der Waals surface area contributed by atoms with Crippen molar-refractivity contribution in [2.75, 3.05) is 37.8 Å². The molecule has 0 amide bonds. The normalized spacial score (nSPS) is 18.4. The van der Waals surface area contributed by atoms with Gasteiger partial charge in [-0.2, -0.15) is 0 Å². The van der Waals surface area contributed by atoms with Crippen LogP contribution in [0, 0.1) is 17.2 Å². The number of hydrogen-bond donors (Lipinski definition) is 2. The van der Waals surface area contributed by atoms with Gasteiger partial charge in [0.15, 0.2) is 0 Å². The van der Waals surface area contributed by atoms with Gasteiger partial charge in [0.05, 0.1) is 22.8 Å². The maximum Gasteiger partial charge on any atom is 0.144 e. The third-order valence-electron chi connectivity index (χ3n) is 7.22. The molecule has 2 heterocycles. The van der Waals surface area contributed by atoms with Crippen molar-refractivity contribution in [2.24, 2.45) is 11.3 Å². The summed E-state index contributed by atoms with van der Waals surface area (Å²) in [6, 6.07) is 8.10. The zero-order valence-electron chi connectivity index (χ0n) is 18.8. The van der Waals surface area contributed by atoms with E-state index < -0.39 is 5.82 Å². The molecule has 33 heavy (non-hydrogen) atoms. The fourth-order valence-corrected chi connectivity index (χ4v) is 5.42. The lowest BCUT2D eigenvalue weighted by Crippen LogP contribution is -2.46. The van der Waals surface area contributed by atoms with Gasteiger partial charge in [-0.15, -0.1) is 0 Å². The summed E-state index contributed by atoms with van der Waals surface area (Å²) < 4.78 is 19.5. The molecule has 5 rings (SSSR count). The Labute approximate surface area is 198 Å². The Balaban J connectivity index is 1.22. The van der Waals surface area contributed by atoms with Crippen LogP contribution in [0.3, 0.4) is 0 Å². The molecule has 3 aromatic rings. The Hall–Kier alpha value is -2.64. The highest BCUT2D eigenvalue weighted by Gasteiger charge is 2.44. The molecule has 1 saturated carbocycles. The summed E-state index contributed by atoms with van der Waals surface area (Å²) in [6.07, 6.45) is 7.85. The molecule has 0 unspecified atom stereocenters. The van der Waals surface area contributed by atoms with Crippen molar-refractivity contribution in [3.05, 3.63) is 47.5 Å². The second kappa shape index (κ2) is 8.95. The summed E-state index contributed by atoms with van der Waals surface area (Å²) in [5, 5.41) is 3.96. The van der Waals surface area contributed by atoms with E-state index in [4.69, 9.17) is 22.1 Å². The number of nitrogens with zero attached hydrogens (tertiary/aromatic N) is 3. The Bertz CT molecular complexity index is 1160. The number of ether oxygens (including phenoxy) is 1. The Morgan fingerprint density at radius 2 is 2.00 bits per heavy atom. The number of benzene rings is 2. The second-order valence-corrected chi connectivity index (χ2v) is 10.0. The third-order valence-corrected chi connectivity index (χ3v) is 7.51. The summed E-state index contributed by atoms with van der Waals surface area (Å²) in [4.78, 5) is 11.1. The van der Waals surface area contributed by atoms with Crippen LogP contribution in [0.2, 0.25) is 5.02 Å². The Kier molecular flexibility index (Phi) is 6.01. The molecular weight excluding hydrogens is 441 g/mol. The predicted molar refractivity (Wildman–Crippen MR) is 131 cm³/mol. The fraction of sp³-hybridized carbons (Fsp3) is 0.440. The lowest BCUT2D eigenvalue weighted by atomic mass is 9.57. The van der Waals surface area contributed by atoms with Crippen LogP contribution >= 0.6 is 11.6 Å². The van der Waals surface area contributed by atoms with E-state index in [9.17, 15) is 4.39 Å². The smallest absolute Gasteiger partial charge is 0.144 e. The van der Waals surface area contributed by atoms with Crippen molar-refractivity contribution in [3.8, 4) is 5.75 Å². The number of aromatic nitrogens is 2. The summed E-state index contributed by atoms with van der Waals surface area (Å²) in [5.74, 6) is 1.49. The minimum absolute atomic E-state index is 0.0433. The predicted octanol–water partition coefficient (Wildman–Crippen LogP) is 5.64.